The van der Waals surface area contributed by atoms with Gasteiger partial charge in [0.15, 0.2) is 0 Å². The Balaban J connectivity index is 2.87. The molecule has 0 spiro atoms. The highest BCUT2D eigenvalue weighted by Crippen LogP contribution is 2.16. The number of rotatable bonds is 4. The van der Waals surface area contributed by atoms with E-state index in [-0.39, 0.29) is 23.2 Å². The van der Waals surface area contributed by atoms with E-state index in [1.807, 2.05) is 20.8 Å². The van der Waals surface area contributed by atoms with E-state index in [9.17, 15) is 14.0 Å². The average Bonchev–Trinajstić information content (AvgIpc) is 2.36. The Labute approximate surface area is 128 Å². The van der Waals surface area contributed by atoms with E-state index in [1.165, 1.54) is 4.90 Å². The number of nitrogens with one attached hydrogen (secondary N) is 1. The highest BCUT2D eigenvalue weighted by molar-refractivity contribution is 6.32. The van der Waals surface area contributed by atoms with Crippen LogP contribution in [0.1, 0.15) is 38.1 Å². The lowest BCUT2D eigenvalue weighted by molar-refractivity contribution is -0.123. The molecule has 21 heavy (non-hydrogen) atoms. The molecule has 116 valence electrons. The maximum atomic E-state index is 13.2. The zero-order valence-corrected chi connectivity index (χ0v) is 13.3. The summed E-state index contributed by atoms with van der Waals surface area (Å²) < 4.78 is 13.2. The summed E-state index contributed by atoms with van der Waals surface area (Å²) in [7, 11) is 0. The standard InChI is InChI=1S/C14H19ClFN3O2/c1-5-19(8-11(20)18-14(2,3)4)13(21)10-6-9(16)7-17-12(10)15/h6-7H,5,8H2,1-4H3,(H,18,20). The van der Waals surface area contributed by atoms with E-state index >= 15 is 0 Å². The highest BCUT2D eigenvalue weighted by Gasteiger charge is 2.22. The predicted molar refractivity (Wildman–Crippen MR) is 78.7 cm³/mol. The fourth-order valence-corrected chi connectivity index (χ4v) is 1.89. The van der Waals surface area contributed by atoms with Crippen molar-refractivity contribution in [2.75, 3.05) is 13.1 Å². The normalized spacial score (nSPS) is 11.1. The first-order valence-corrected chi connectivity index (χ1v) is 6.93. The summed E-state index contributed by atoms with van der Waals surface area (Å²) in [6.45, 7) is 7.43. The first-order valence-electron chi connectivity index (χ1n) is 6.55. The molecule has 2 amide bonds. The van der Waals surface area contributed by atoms with Crippen molar-refractivity contribution in [1.29, 1.82) is 0 Å². The van der Waals surface area contributed by atoms with Gasteiger partial charge in [-0.2, -0.15) is 0 Å². The molecule has 0 aliphatic heterocycles. The summed E-state index contributed by atoms with van der Waals surface area (Å²) in [5, 5.41) is 2.67. The fourth-order valence-electron chi connectivity index (χ4n) is 1.70. The van der Waals surface area contributed by atoms with Crippen LogP contribution in [0, 0.1) is 5.82 Å². The number of amides is 2. The number of carbonyl (C=O) groups excluding carboxylic acids is 2. The van der Waals surface area contributed by atoms with Crippen LogP contribution in [-0.4, -0.2) is 40.3 Å². The Morgan fingerprint density at radius 2 is 2.05 bits per heavy atom. The molecule has 7 heteroatoms. The van der Waals surface area contributed by atoms with Crippen LogP contribution in [-0.2, 0) is 4.79 Å². The van der Waals surface area contributed by atoms with Crippen LogP contribution in [0.25, 0.3) is 0 Å². The monoisotopic (exact) mass is 315 g/mol. The number of likely N-dealkylation sites (N-methyl/N-ethyl adjacent to an activating group) is 1. The molecule has 0 saturated carbocycles. The summed E-state index contributed by atoms with van der Waals surface area (Å²) in [4.78, 5) is 29.1. The number of hydrogen-bond acceptors (Lipinski definition) is 3. The number of nitrogens with zero attached hydrogens (tertiary/aromatic N) is 2. The van der Waals surface area contributed by atoms with Crippen LogP contribution < -0.4 is 5.32 Å². The molecule has 0 bridgehead atoms. The second-order valence-electron chi connectivity index (χ2n) is 5.61. The van der Waals surface area contributed by atoms with Gasteiger partial charge in [-0.05, 0) is 33.8 Å². The molecule has 0 aromatic carbocycles. The molecular weight excluding hydrogens is 297 g/mol. The molecule has 1 aromatic rings. The minimum atomic E-state index is -0.655. The SMILES string of the molecule is CCN(CC(=O)NC(C)(C)C)C(=O)c1cc(F)cnc1Cl. The Hall–Kier alpha value is -1.69. The molecule has 1 heterocycles. The molecule has 0 aliphatic rings. The molecule has 0 radical (unpaired) electrons. The Kier molecular flexibility index (Phi) is 5.66. The minimum Gasteiger partial charge on any atom is -0.350 e. The van der Waals surface area contributed by atoms with Gasteiger partial charge in [0.25, 0.3) is 5.91 Å². The molecule has 1 rings (SSSR count). The third-order valence-electron chi connectivity index (χ3n) is 2.55. The van der Waals surface area contributed by atoms with E-state index in [2.05, 4.69) is 10.3 Å². The maximum absolute atomic E-state index is 13.2. The number of carbonyl (C=O) groups is 2. The van der Waals surface area contributed by atoms with E-state index < -0.39 is 17.3 Å². The first-order chi connectivity index (χ1) is 9.64. The third-order valence-corrected chi connectivity index (χ3v) is 2.86. The van der Waals surface area contributed by atoms with Crippen molar-refractivity contribution in [1.82, 2.24) is 15.2 Å². The molecule has 0 fully saturated rings. The van der Waals surface area contributed by atoms with Crippen molar-refractivity contribution in [3.8, 4) is 0 Å². The van der Waals surface area contributed by atoms with Gasteiger partial charge >= 0.3 is 0 Å². The topological polar surface area (TPSA) is 62.3 Å². The molecule has 0 unspecified atom stereocenters. The van der Waals surface area contributed by atoms with Gasteiger partial charge in [0, 0.05) is 12.1 Å². The van der Waals surface area contributed by atoms with E-state index in [0.717, 1.165) is 12.3 Å². The van der Waals surface area contributed by atoms with Gasteiger partial charge in [-0.15, -0.1) is 0 Å². The van der Waals surface area contributed by atoms with Crippen molar-refractivity contribution in [2.45, 2.75) is 33.2 Å². The molecule has 1 aromatic heterocycles. The number of halogens is 2. The zero-order chi connectivity index (χ0) is 16.2. The van der Waals surface area contributed by atoms with Gasteiger partial charge in [-0.25, -0.2) is 9.37 Å². The van der Waals surface area contributed by atoms with Crippen LogP contribution in [0.5, 0.6) is 0 Å². The molecule has 0 aliphatic carbocycles. The number of pyridine rings is 1. The van der Waals surface area contributed by atoms with Crippen LogP contribution in [0.4, 0.5) is 4.39 Å². The van der Waals surface area contributed by atoms with Crippen molar-refractivity contribution in [3.63, 3.8) is 0 Å². The van der Waals surface area contributed by atoms with Crippen molar-refractivity contribution in [3.05, 3.63) is 28.8 Å². The largest absolute Gasteiger partial charge is 0.350 e. The first kappa shape index (κ1) is 17.4. The van der Waals surface area contributed by atoms with Crippen LogP contribution in [0.3, 0.4) is 0 Å². The second kappa shape index (κ2) is 6.85. The maximum Gasteiger partial charge on any atom is 0.257 e. The van der Waals surface area contributed by atoms with Gasteiger partial charge in [0.1, 0.15) is 11.0 Å². The van der Waals surface area contributed by atoms with Crippen molar-refractivity contribution in [2.24, 2.45) is 0 Å². The average molecular weight is 316 g/mol. The highest BCUT2D eigenvalue weighted by atomic mass is 35.5. The van der Waals surface area contributed by atoms with Crippen LogP contribution in [0.15, 0.2) is 12.3 Å². The van der Waals surface area contributed by atoms with Gasteiger partial charge in [-0.1, -0.05) is 11.6 Å². The Morgan fingerprint density at radius 1 is 1.43 bits per heavy atom. The van der Waals surface area contributed by atoms with Gasteiger partial charge in [-0.3, -0.25) is 9.59 Å². The molecule has 0 atom stereocenters. The molecular formula is C14H19ClFN3O2. The second-order valence-corrected chi connectivity index (χ2v) is 5.97. The lowest BCUT2D eigenvalue weighted by Crippen LogP contribution is -2.47. The van der Waals surface area contributed by atoms with Crippen LogP contribution >= 0.6 is 11.6 Å². The smallest absolute Gasteiger partial charge is 0.257 e. The Morgan fingerprint density at radius 3 is 2.57 bits per heavy atom. The van der Waals surface area contributed by atoms with E-state index in [0.29, 0.717) is 6.54 Å². The fraction of sp³-hybridized carbons (Fsp3) is 0.500. The summed E-state index contributed by atoms with van der Waals surface area (Å²) in [5.41, 5.74) is -0.445. The molecule has 0 saturated heterocycles. The lowest BCUT2D eigenvalue weighted by Gasteiger charge is -2.25. The van der Waals surface area contributed by atoms with E-state index in [4.69, 9.17) is 11.6 Å². The number of aromatic nitrogens is 1. The molecule has 5 nitrogen and oxygen atoms in total. The molecule has 1 N–H and O–H groups in total. The van der Waals surface area contributed by atoms with E-state index in [1.54, 1.807) is 6.92 Å². The summed E-state index contributed by atoms with van der Waals surface area (Å²) in [5.74, 6) is -1.48. The third kappa shape index (κ3) is 5.30. The van der Waals surface area contributed by atoms with Crippen molar-refractivity contribution >= 4 is 23.4 Å². The summed E-state index contributed by atoms with van der Waals surface area (Å²) in [6, 6.07) is 1.02. The lowest BCUT2D eigenvalue weighted by atomic mass is 10.1. The van der Waals surface area contributed by atoms with Gasteiger partial charge in [0.05, 0.1) is 18.3 Å². The van der Waals surface area contributed by atoms with Crippen LogP contribution in [0.2, 0.25) is 5.15 Å². The van der Waals surface area contributed by atoms with Gasteiger partial charge < -0.3 is 10.2 Å². The quantitative estimate of drug-likeness (QED) is 0.867. The Bertz CT molecular complexity index is 544. The van der Waals surface area contributed by atoms with Gasteiger partial charge in [0.2, 0.25) is 5.91 Å². The predicted octanol–water partition coefficient (Wildman–Crippen LogP) is 2.25. The minimum absolute atomic E-state index is 0.0536. The summed E-state index contributed by atoms with van der Waals surface area (Å²) in [6.07, 6.45) is 0.932. The van der Waals surface area contributed by atoms with Crippen molar-refractivity contribution < 1.29 is 14.0 Å². The zero-order valence-electron chi connectivity index (χ0n) is 12.5. The summed E-state index contributed by atoms with van der Waals surface area (Å²) >= 11 is 5.81. The number of hydrogen-bond donors (Lipinski definition) is 1.